The van der Waals surface area contributed by atoms with Gasteiger partial charge in [0, 0.05) is 11.8 Å². The summed E-state index contributed by atoms with van der Waals surface area (Å²) in [4.78, 5) is 11.1. The second-order valence-corrected chi connectivity index (χ2v) is 7.23. The number of hydroxylamine groups is 1. The minimum Gasteiger partial charge on any atom is -0.288 e. The van der Waals surface area contributed by atoms with Crippen LogP contribution in [0.4, 0.5) is 5.69 Å². The molecular weight excluding hydrogens is 352 g/mol. The third-order valence-electron chi connectivity index (χ3n) is 3.73. The lowest BCUT2D eigenvalue weighted by Gasteiger charge is -2.09. The van der Waals surface area contributed by atoms with Crippen LogP contribution in [0.5, 0.6) is 0 Å². The predicted octanol–water partition coefficient (Wildman–Crippen LogP) is 3.16. The SMILES string of the molecule is O=C(/C=C/c1ccc(S(=O)(=O)Nc2ccc3ccccc3c2)cc1)NO. The molecule has 3 rings (SSSR count). The molecule has 0 aromatic heterocycles. The number of amides is 1. The van der Waals surface area contributed by atoms with E-state index in [-0.39, 0.29) is 4.90 Å². The quantitative estimate of drug-likeness (QED) is 0.366. The van der Waals surface area contributed by atoms with Crippen LogP contribution in [0, 0.1) is 0 Å². The molecule has 0 aliphatic heterocycles. The normalized spacial score (nSPS) is 11.6. The first-order valence-electron chi connectivity index (χ1n) is 7.72. The number of benzene rings is 3. The molecule has 0 radical (unpaired) electrons. The number of sulfonamides is 1. The van der Waals surface area contributed by atoms with Crippen molar-refractivity contribution in [2.24, 2.45) is 0 Å². The Labute approximate surface area is 150 Å². The van der Waals surface area contributed by atoms with Gasteiger partial charge in [-0.05, 0) is 46.7 Å². The zero-order chi connectivity index (χ0) is 18.6. The van der Waals surface area contributed by atoms with Crippen LogP contribution < -0.4 is 10.2 Å². The second-order valence-electron chi connectivity index (χ2n) is 5.55. The van der Waals surface area contributed by atoms with Crippen LogP contribution in [-0.2, 0) is 14.8 Å². The average molecular weight is 368 g/mol. The Bertz CT molecular complexity index is 1070. The minimum absolute atomic E-state index is 0.106. The number of hydrogen-bond donors (Lipinski definition) is 3. The lowest BCUT2D eigenvalue weighted by Crippen LogP contribution is -2.14. The summed E-state index contributed by atoms with van der Waals surface area (Å²) in [6, 6.07) is 19.0. The van der Waals surface area contributed by atoms with E-state index in [1.807, 2.05) is 30.3 Å². The molecule has 0 spiro atoms. The third kappa shape index (κ3) is 4.08. The summed E-state index contributed by atoms with van der Waals surface area (Å²) in [7, 11) is -3.73. The molecule has 0 unspecified atom stereocenters. The highest BCUT2D eigenvalue weighted by atomic mass is 32.2. The van der Waals surface area contributed by atoms with E-state index in [9.17, 15) is 13.2 Å². The number of hydrogen-bond acceptors (Lipinski definition) is 4. The van der Waals surface area contributed by atoms with Crippen molar-refractivity contribution in [3.63, 3.8) is 0 Å². The minimum atomic E-state index is -3.73. The summed E-state index contributed by atoms with van der Waals surface area (Å²) in [5.41, 5.74) is 2.58. The fourth-order valence-electron chi connectivity index (χ4n) is 2.43. The zero-order valence-electron chi connectivity index (χ0n) is 13.6. The molecule has 26 heavy (non-hydrogen) atoms. The van der Waals surface area contributed by atoms with Gasteiger partial charge in [-0.1, -0.05) is 42.5 Å². The van der Waals surface area contributed by atoms with Gasteiger partial charge < -0.3 is 0 Å². The Morgan fingerprint density at radius 2 is 1.62 bits per heavy atom. The van der Waals surface area contributed by atoms with Crippen molar-refractivity contribution >= 4 is 38.5 Å². The Hall–Kier alpha value is -3.16. The van der Waals surface area contributed by atoms with E-state index in [0.717, 1.165) is 16.8 Å². The molecule has 7 heteroatoms. The number of anilines is 1. The fourth-order valence-corrected chi connectivity index (χ4v) is 3.48. The number of carbonyl (C=O) groups excluding carboxylic acids is 1. The standard InChI is InChI=1S/C19H16N2O4S/c22-19(20-23)12-7-14-5-10-18(11-6-14)26(24,25)21-17-9-8-15-3-1-2-4-16(15)13-17/h1-13,21,23H,(H,20,22)/b12-7+. The fraction of sp³-hybridized carbons (Fsp3) is 0. The van der Waals surface area contributed by atoms with Crippen LogP contribution >= 0.6 is 0 Å². The lowest BCUT2D eigenvalue weighted by atomic mass is 10.1. The van der Waals surface area contributed by atoms with Crippen LogP contribution in [0.2, 0.25) is 0 Å². The van der Waals surface area contributed by atoms with Gasteiger partial charge in [0.25, 0.3) is 15.9 Å². The Morgan fingerprint density at radius 1 is 0.923 bits per heavy atom. The van der Waals surface area contributed by atoms with Gasteiger partial charge in [0.05, 0.1) is 4.90 Å². The smallest absolute Gasteiger partial charge is 0.267 e. The summed E-state index contributed by atoms with van der Waals surface area (Å²) in [5, 5.41) is 10.4. The maximum absolute atomic E-state index is 12.5. The molecule has 0 aliphatic carbocycles. The maximum Gasteiger partial charge on any atom is 0.267 e. The van der Waals surface area contributed by atoms with Gasteiger partial charge in [0.2, 0.25) is 0 Å². The van der Waals surface area contributed by atoms with E-state index in [0.29, 0.717) is 11.3 Å². The lowest BCUT2D eigenvalue weighted by molar-refractivity contribution is -0.124. The van der Waals surface area contributed by atoms with E-state index < -0.39 is 15.9 Å². The van der Waals surface area contributed by atoms with Crippen molar-refractivity contribution in [3.05, 3.63) is 78.4 Å². The highest BCUT2D eigenvalue weighted by Crippen LogP contribution is 2.22. The number of carbonyl (C=O) groups is 1. The highest BCUT2D eigenvalue weighted by Gasteiger charge is 2.14. The summed E-state index contributed by atoms with van der Waals surface area (Å²) in [6.45, 7) is 0. The second kappa shape index (κ2) is 7.38. The zero-order valence-corrected chi connectivity index (χ0v) is 14.4. The van der Waals surface area contributed by atoms with E-state index >= 15 is 0 Å². The van der Waals surface area contributed by atoms with Gasteiger partial charge in [-0.15, -0.1) is 0 Å². The van der Waals surface area contributed by atoms with Crippen LogP contribution in [0.1, 0.15) is 5.56 Å². The van der Waals surface area contributed by atoms with Crippen LogP contribution in [0.15, 0.2) is 77.7 Å². The number of fused-ring (bicyclic) bond motifs is 1. The molecular formula is C19H16N2O4S. The molecule has 0 atom stereocenters. The van der Waals surface area contributed by atoms with Gasteiger partial charge in [-0.25, -0.2) is 13.9 Å². The molecule has 1 amide bonds. The van der Waals surface area contributed by atoms with Gasteiger partial charge in [-0.3, -0.25) is 14.7 Å². The van der Waals surface area contributed by atoms with E-state index in [4.69, 9.17) is 5.21 Å². The molecule has 0 saturated heterocycles. The van der Waals surface area contributed by atoms with Crippen molar-refractivity contribution in [2.75, 3.05) is 4.72 Å². The molecule has 0 saturated carbocycles. The summed E-state index contributed by atoms with van der Waals surface area (Å²) in [6.07, 6.45) is 2.59. The van der Waals surface area contributed by atoms with Gasteiger partial charge in [-0.2, -0.15) is 0 Å². The van der Waals surface area contributed by atoms with Gasteiger partial charge >= 0.3 is 0 Å². The first-order valence-corrected chi connectivity index (χ1v) is 9.20. The Kier molecular flexibility index (Phi) is 5.01. The monoisotopic (exact) mass is 368 g/mol. The van der Waals surface area contributed by atoms with Crippen LogP contribution in [0.25, 0.3) is 16.8 Å². The summed E-state index contributed by atoms with van der Waals surface area (Å²) < 4.78 is 27.6. The van der Waals surface area contributed by atoms with Crippen LogP contribution in [0.3, 0.4) is 0 Å². The topological polar surface area (TPSA) is 95.5 Å². The van der Waals surface area contributed by atoms with E-state index in [1.165, 1.54) is 23.7 Å². The average Bonchev–Trinajstić information content (AvgIpc) is 2.66. The molecule has 0 aliphatic rings. The summed E-state index contributed by atoms with van der Waals surface area (Å²) in [5.74, 6) is -0.667. The molecule has 132 valence electrons. The Balaban J connectivity index is 1.80. The van der Waals surface area contributed by atoms with Crippen molar-refractivity contribution < 1.29 is 18.4 Å². The first kappa shape index (κ1) is 17.7. The molecule has 3 aromatic rings. The van der Waals surface area contributed by atoms with Crippen molar-refractivity contribution in [3.8, 4) is 0 Å². The molecule has 6 nitrogen and oxygen atoms in total. The maximum atomic E-state index is 12.5. The number of rotatable bonds is 5. The van der Waals surface area contributed by atoms with Crippen molar-refractivity contribution in [2.45, 2.75) is 4.90 Å². The Morgan fingerprint density at radius 3 is 2.31 bits per heavy atom. The molecule has 0 fully saturated rings. The molecule has 0 heterocycles. The molecule has 3 N–H and O–H groups in total. The van der Waals surface area contributed by atoms with E-state index in [1.54, 1.807) is 24.3 Å². The van der Waals surface area contributed by atoms with Crippen LogP contribution in [-0.4, -0.2) is 19.5 Å². The highest BCUT2D eigenvalue weighted by molar-refractivity contribution is 7.92. The van der Waals surface area contributed by atoms with Gasteiger partial charge in [0.1, 0.15) is 0 Å². The third-order valence-corrected chi connectivity index (χ3v) is 5.13. The van der Waals surface area contributed by atoms with Crippen molar-refractivity contribution in [1.82, 2.24) is 5.48 Å². The first-order chi connectivity index (χ1) is 12.5. The van der Waals surface area contributed by atoms with E-state index in [2.05, 4.69) is 4.72 Å². The summed E-state index contributed by atoms with van der Waals surface area (Å²) >= 11 is 0. The van der Waals surface area contributed by atoms with Crippen molar-refractivity contribution in [1.29, 1.82) is 0 Å². The largest absolute Gasteiger partial charge is 0.288 e. The van der Waals surface area contributed by atoms with Gasteiger partial charge in [0.15, 0.2) is 0 Å². The molecule has 3 aromatic carbocycles. The number of nitrogens with one attached hydrogen (secondary N) is 2. The predicted molar refractivity (Wildman–Crippen MR) is 100 cm³/mol. The molecule has 0 bridgehead atoms.